The van der Waals surface area contributed by atoms with Crippen LogP contribution in [0.3, 0.4) is 0 Å². The van der Waals surface area contributed by atoms with Crippen molar-refractivity contribution >= 4 is 15.9 Å². The molecule has 1 aromatic heterocycles. The predicted molar refractivity (Wildman–Crippen MR) is 86.2 cm³/mol. The van der Waals surface area contributed by atoms with Crippen LogP contribution in [0.25, 0.3) is 0 Å². The van der Waals surface area contributed by atoms with E-state index < -0.39 is 0 Å². The summed E-state index contributed by atoms with van der Waals surface area (Å²) >= 11 is 3.62. The lowest BCUT2D eigenvalue weighted by Crippen LogP contribution is -2.19. The van der Waals surface area contributed by atoms with E-state index in [9.17, 15) is 0 Å². The van der Waals surface area contributed by atoms with Crippen LogP contribution in [0.1, 0.15) is 29.9 Å². The second kappa shape index (κ2) is 7.00. The molecule has 1 N–H and O–H groups in total. The monoisotopic (exact) mass is 353 g/mol. The van der Waals surface area contributed by atoms with E-state index in [0.717, 1.165) is 27.8 Å². The van der Waals surface area contributed by atoms with Crippen LogP contribution in [0.15, 0.2) is 33.4 Å². The number of methoxy groups -OCH3 is 2. The number of rotatable bonds is 6. The summed E-state index contributed by atoms with van der Waals surface area (Å²) in [6.45, 7) is 2.08. The van der Waals surface area contributed by atoms with E-state index in [1.165, 1.54) is 0 Å². The molecule has 2 aromatic rings. The molecule has 0 aliphatic heterocycles. The lowest BCUT2D eigenvalue weighted by molar-refractivity contribution is 0.354. The fraction of sp³-hybridized carbons (Fsp3) is 0.375. The van der Waals surface area contributed by atoms with Crippen LogP contribution in [0, 0.1) is 0 Å². The van der Waals surface area contributed by atoms with Gasteiger partial charge in [0.2, 0.25) is 0 Å². The average molecular weight is 354 g/mol. The highest BCUT2D eigenvalue weighted by Gasteiger charge is 2.22. The molecule has 5 heteroatoms. The van der Waals surface area contributed by atoms with Gasteiger partial charge in [0.25, 0.3) is 0 Å². The van der Waals surface area contributed by atoms with Gasteiger partial charge in [-0.15, -0.1) is 0 Å². The molecule has 114 valence electrons. The molecule has 4 nitrogen and oxygen atoms in total. The Hall–Kier alpha value is -1.46. The van der Waals surface area contributed by atoms with Crippen LogP contribution in [-0.2, 0) is 6.42 Å². The lowest BCUT2D eigenvalue weighted by atomic mass is 9.98. The summed E-state index contributed by atoms with van der Waals surface area (Å²) in [5.41, 5.74) is 2.21. The maximum atomic E-state index is 5.55. The Morgan fingerprint density at radius 1 is 1.19 bits per heavy atom. The number of hydrogen-bond donors (Lipinski definition) is 1. The quantitative estimate of drug-likeness (QED) is 0.854. The lowest BCUT2D eigenvalue weighted by Gasteiger charge is -2.20. The normalized spacial score (nSPS) is 12.2. The van der Waals surface area contributed by atoms with Crippen LogP contribution >= 0.6 is 15.9 Å². The Bertz CT molecular complexity index is 610. The van der Waals surface area contributed by atoms with Gasteiger partial charge in [0.15, 0.2) is 11.5 Å². The maximum Gasteiger partial charge on any atom is 0.161 e. The fourth-order valence-electron chi connectivity index (χ4n) is 2.46. The van der Waals surface area contributed by atoms with Crippen molar-refractivity contribution in [3.63, 3.8) is 0 Å². The molecule has 1 atom stereocenters. The molecule has 0 aliphatic carbocycles. The van der Waals surface area contributed by atoms with E-state index in [1.807, 2.05) is 25.2 Å². The summed E-state index contributed by atoms with van der Waals surface area (Å²) in [6, 6.07) is 5.93. The van der Waals surface area contributed by atoms with Crippen molar-refractivity contribution in [3.05, 3.63) is 45.8 Å². The summed E-state index contributed by atoms with van der Waals surface area (Å²) < 4.78 is 17.2. The maximum absolute atomic E-state index is 5.55. The number of ether oxygens (including phenoxy) is 2. The Labute approximate surface area is 133 Å². The first kappa shape index (κ1) is 15.9. The molecule has 0 aliphatic rings. The molecule has 0 radical (unpaired) electrons. The number of aryl methyl sites for hydroxylation is 1. The van der Waals surface area contributed by atoms with Crippen molar-refractivity contribution in [1.82, 2.24) is 5.32 Å². The van der Waals surface area contributed by atoms with Crippen molar-refractivity contribution < 1.29 is 13.9 Å². The highest BCUT2D eigenvalue weighted by atomic mass is 79.9. The second-order valence-corrected chi connectivity index (χ2v) is 5.46. The SMILES string of the molecule is CCc1occc1C(NC)c1cc(OC)c(OC)cc1Br. The first-order valence-electron chi connectivity index (χ1n) is 6.81. The van der Waals surface area contributed by atoms with Gasteiger partial charge < -0.3 is 19.2 Å². The smallest absolute Gasteiger partial charge is 0.161 e. The zero-order valence-electron chi connectivity index (χ0n) is 12.7. The molecule has 1 heterocycles. The number of nitrogens with one attached hydrogen (secondary N) is 1. The van der Waals surface area contributed by atoms with E-state index >= 15 is 0 Å². The van der Waals surface area contributed by atoms with Crippen molar-refractivity contribution in [2.75, 3.05) is 21.3 Å². The molecular formula is C16H20BrNO3. The number of furan rings is 1. The number of benzene rings is 1. The molecule has 0 saturated carbocycles. The van der Waals surface area contributed by atoms with E-state index in [1.54, 1.807) is 20.5 Å². The zero-order valence-corrected chi connectivity index (χ0v) is 14.3. The van der Waals surface area contributed by atoms with Gasteiger partial charge in [0.1, 0.15) is 5.76 Å². The molecule has 0 amide bonds. The first-order valence-corrected chi connectivity index (χ1v) is 7.60. The summed E-state index contributed by atoms with van der Waals surface area (Å²) in [5.74, 6) is 2.39. The van der Waals surface area contributed by atoms with Crippen LogP contribution in [-0.4, -0.2) is 21.3 Å². The highest BCUT2D eigenvalue weighted by molar-refractivity contribution is 9.10. The van der Waals surface area contributed by atoms with E-state index in [-0.39, 0.29) is 6.04 Å². The molecular weight excluding hydrogens is 334 g/mol. The first-order chi connectivity index (χ1) is 10.2. The van der Waals surface area contributed by atoms with Crippen LogP contribution < -0.4 is 14.8 Å². The van der Waals surface area contributed by atoms with Gasteiger partial charge in [0.05, 0.1) is 26.5 Å². The van der Waals surface area contributed by atoms with Gasteiger partial charge in [-0.3, -0.25) is 0 Å². The third kappa shape index (κ3) is 3.09. The summed E-state index contributed by atoms with van der Waals surface area (Å²) in [5, 5.41) is 3.34. The van der Waals surface area contributed by atoms with Crippen LogP contribution in [0.4, 0.5) is 0 Å². The van der Waals surface area contributed by atoms with Crippen molar-refractivity contribution in [2.24, 2.45) is 0 Å². The standard InChI is InChI=1S/C16H20BrNO3/c1-5-13-10(6-7-21-13)16(18-2)11-8-14(19-3)15(20-4)9-12(11)17/h6-9,16,18H,5H2,1-4H3. The topological polar surface area (TPSA) is 43.6 Å². The fourth-order valence-corrected chi connectivity index (χ4v) is 3.02. The van der Waals surface area contributed by atoms with Crippen LogP contribution in [0.2, 0.25) is 0 Å². The molecule has 0 fully saturated rings. The summed E-state index contributed by atoms with van der Waals surface area (Å²) in [4.78, 5) is 0. The second-order valence-electron chi connectivity index (χ2n) is 4.60. The molecule has 21 heavy (non-hydrogen) atoms. The summed E-state index contributed by atoms with van der Waals surface area (Å²) in [6.07, 6.45) is 2.58. The van der Waals surface area contributed by atoms with Gasteiger partial charge in [-0.2, -0.15) is 0 Å². The Morgan fingerprint density at radius 2 is 1.86 bits per heavy atom. The van der Waals surface area contributed by atoms with Crippen LogP contribution in [0.5, 0.6) is 11.5 Å². The molecule has 1 unspecified atom stereocenters. The highest BCUT2D eigenvalue weighted by Crippen LogP contribution is 2.38. The molecule has 1 aromatic carbocycles. The predicted octanol–water partition coefficient (Wildman–Crippen LogP) is 3.93. The molecule has 2 rings (SSSR count). The minimum absolute atomic E-state index is 0.0212. The van der Waals surface area contributed by atoms with Gasteiger partial charge in [-0.05, 0) is 30.8 Å². The van der Waals surface area contributed by atoms with Crippen molar-refractivity contribution in [1.29, 1.82) is 0 Å². The molecule has 0 bridgehead atoms. The number of halogens is 1. The number of hydrogen-bond acceptors (Lipinski definition) is 4. The average Bonchev–Trinajstić information content (AvgIpc) is 2.97. The largest absolute Gasteiger partial charge is 0.493 e. The van der Waals surface area contributed by atoms with Gasteiger partial charge in [0, 0.05) is 16.5 Å². The Morgan fingerprint density at radius 3 is 2.43 bits per heavy atom. The van der Waals surface area contributed by atoms with Gasteiger partial charge in [-0.1, -0.05) is 22.9 Å². The van der Waals surface area contributed by atoms with Crippen molar-refractivity contribution in [3.8, 4) is 11.5 Å². The van der Waals surface area contributed by atoms with E-state index in [2.05, 4.69) is 28.2 Å². The van der Waals surface area contributed by atoms with E-state index in [4.69, 9.17) is 13.9 Å². The van der Waals surface area contributed by atoms with Gasteiger partial charge in [-0.25, -0.2) is 0 Å². The van der Waals surface area contributed by atoms with Crippen molar-refractivity contribution in [2.45, 2.75) is 19.4 Å². The van der Waals surface area contributed by atoms with E-state index in [0.29, 0.717) is 11.5 Å². The minimum atomic E-state index is 0.0212. The Balaban J connectivity index is 2.52. The Kier molecular flexibility index (Phi) is 5.31. The summed E-state index contributed by atoms with van der Waals surface area (Å²) in [7, 11) is 5.20. The minimum Gasteiger partial charge on any atom is -0.493 e. The molecule has 0 spiro atoms. The molecule has 0 saturated heterocycles. The zero-order chi connectivity index (χ0) is 15.4. The third-order valence-electron chi connectivity index (χ3n) is 3.51. The third-order valence-corrected chi connectivity index (χ3v) is 4.20. The van der Waals surface area contributed by atoms with Gasteiger partial charge >= 0.3 is 0 Å².